The molecule has 3 heterocycles. The number of carbonyl (C=O) groups excluding carboxylic acids is 1. The number of benzene rings is 1. The van der Waals surface area contributed by atoms with Crippen LogP contribution in [0.1, 0.15) is 35.7 Å². The molecule has 3 nitrogen and oxygen atoms in total. The van der Waals surface area contributed by atoms with Crippen LogP contribution >= 0.6 is 0 Å². The largest absolute Gasteiger partial charge is 0.317 e. The van der Waals surface area contributed by atoms with Crippen LogP contribution in [0.5, 0.6) is 0 Å². The maximum absolute atomic E-state index is 10.8. The van der Waals surface area contributed by atoms with Crippen molar-refractivity contribution in [1.29, 1.82) is 0 Å². The number of nitrogens with one attached hydrogen (secondary N) is 1. The lowest BCUT2D eigenvalue weighted by atomic mass is 9.75. The minimum atomic E-state index is 0.509. The van der Waals surface area contributed by atoms with Gasteiger partial charge in [0.05, 0.1) is 0 Å². The fourth-order valence-electron chi connectivity index (χ4n) is 4.79. The van der Waals surface area contributed by atoms with Gasteiger partial charge in [-0.3, -0.25) is 9.69 Å². The first kappa shape index (κ1) is 14.2. The van der Waals surface area contributed by atoms with E-state index in [0.29, 0.717) is 23.9 Å². The topological polar surface area (TPSA) is 32.1 Å². The SMILES string of the molecule is CCNC[C@H]1[C@@H]2C=C[C@@H]3[C@H]1N3[C@H]2[C@H](C)c1ccc(C=O)cc1. The highest BCUT2D eigenvalue weighted by Crippen LogP contribution is 2.57. The molecule has 22 heavy (non-hydrogen) atoms. The van der Waals surface area contributed by atoms with Crippen LogP contribution in [0, 0.1) is 11.8 Å². The Balaban J connectivity index is 1.55. The molecule has 116 valence electrons. The average Bonchev–Trinajstić information content (AvgIpc) is 3.23. The van der Waals surface area contributed by atoms with Gasteiger partial charge in [0.15, 0.2) is 0 Å². The summed E-state index contributed by atoms with van der Waals surface area (Å²) in [4.78, 5) is 13.5. The van der Waals surface area contributed by atoms with Gasteiger partial charge in [-0.2, -0.15) is 0 Å². The van der Waals surface area contributed by atoms with Crippen molar-refractivity contribution in [2.45, 2.75) is 37.9 Å². The Hall–Kier alpha value is -1.45. The van der Waals surface area contributed by atoms with Crippen molar-refractivity contribution in [2.24, 2.45) is 11.8 Å². The predicted molar refractivity (Wildman–Crippen MR) is 88.1 cm³/mol. The fraction of sp³-hybridized carbons (Fsp3) is 0.526. The Morgan fingerprint density at radius 2 is 2.05 bits per heavy atom. The van der Waals surface area contributed by atoms with E-state index < -0.39 is 0 Å². The summed E-state index contributed by atoms with van der Waals surface area (Å²) in [7, 11) is 0. The number of carbonyl (C=O) groups is 1. The third kappa shape index (κ3) is 1.99. The summed E-state index contributed by atoms with van der Waals surface area (Å²) in [5.41, 5.74) is 2.11. The lowest BCUT2D eigenvalue weighted by Gasteiger charge is -2.34. The minimum Gasteiger partial charge on any atom is -0.317 e. The number of aldehydes is 1. The monoisotopic (exact) mass is 296 g/mol. The molecule has 1 N–H and O–H groups in total. The summed E-state index contributed by atoms with van der Waals surface area (Å²) in [5, 5.41) is 3.55. The molecule has 0 amide bonds. The van der Waals surface area contributed by atoms with E-state index in [2.05, 4.69) is 48.3 Å². The van der Waals surface area contributed by atoms with E-state index in [4.69, 9.17) is 0 Å². The van der Waals surface area contributed by atoms with Gasteiger partial charge in [0.25, 0.3) is 0 Å². The smallest absolute Gasteiger partial charge is 0.150 e. The molecule has 1 aliphatic carbocycles. The molecule has 2 saturated heterocycles. The van der Waals surface area contributed by atoms with Gasteiger partial charge in [-0.1, -0.05) is 50.3 Å². The van der Waals surface area contributed by atoms with E-state index in [9.17, 15) is 4.79 Å². The summed E-state index contributed by atoms with van der Waals surface area (Å²) in [6.45, 7) is 6.71. The Kier molecular flexibility index (Phi) is 3.43. The van der Waals surface area contributed by atoms with Crippen LogP contribution in [0.25, 0.3) is 0 Å². The number of hydrogen-bond donors (Lipinski definition) is 1. The van der Waals surface area contributed by atoms with Crippen molar-refractivity contribution in [3.63, 3.8) is 0 Å². The number of hydrogen-bond acceptors (Lipinski definition) is 3. The maximum atomic E-state index is 10.8. The molecule has 1 aromatic rings. The van der Waals surface area contributed by atoms with Crippen LogP contribution in [0.2, 0.25) is 0 Å². The lowest BCUT2D eigenvalue weighted by Crippen LogP contribution is -2.39. The summed E-state index contributed by atoms with van der Waals surface area (Å²) < 4.78 is 0. The molecule has 3 heteroatoms. The molecule has 5 rings (SSSR count). The predicted octanol–water partition coefficient (Wildman–Crippen LogP) is 2.45. The second-order valence-corrected chi connectivity index (χ2v) is 6.93. The van der Waals surface area contributed by atoms with Gasteiger partial charge in [0.2, 0.25) is 0 Å². The zero-order valence-corrected chi connectivity index (χ0v) is 13.3. The first-order chi connectivity index (χ1) is 10.8. The first-order valence-electron chi connectivity index (χ1n) is 8.48. The van der Waals surface area contributed by atoms with E-state index in [1.54, 1.807) is 0 Å². The Morgan fingerprint density at radius 3 is 2.73 bits per heavy atom. The molecule has 0 aromatic heterocycles. The van der Waals surface area contributed by atoms with Gasteiger partial charge in [-0.15, -0.1) is 0 Å². The van der Waals surface area contributed by atoms with E-state index in [1.165, 1.54) is 5.56 Å². The quantitative estimate of drug-likeness (QED) is 0.497. The zero-order valence-electron chi connectivity index (χ0n) is 13.3. The highest BCUT2D eigenvalue weighted by atomic mass is 16.1. The molecule has 0 spiro atoms. The summed E-state index contributed by atoms with van der Waals surface area (Å²) in [6, 6.07) is 10.2. The zero-order chi connectivity index (χ0) is 15.3. The van der Waals surface area contributed by atoms with Crippen LogP contribution < -0.4 is 5.32 Å². The van der Waals surface area contributed by atoms with Crippen molar-refractivity contribution in [3.8, 4) is 0 Å². The highest BCUT2D eigenvalue weighted by Gasteiger charge is 2.66. The van der Waals surface area contributed by atoms with E-state index in [1.807, 2.05) is 12.1 Å². The number of rotatable bonds is 6. The molecule has 3 aliphatic heterocycles. The molecular weight excluding hydrogens is 272 g/mol. The van der Waals surface area contributed by atoms with Crippen LogP contribution in [-0.2, 0) is 0 Å². The number of piperidine rings is 1. The van der Waals surface area contributed by atoms with Gasteiger partial charge < -0.3 is 5.32 Å². The van der Waals surface area contributed by atoms with Crippen molar-refractivity contribution in [1.82, 2.24) is 10.2 Å². The Bertz CT molecular complexity index is 594. The molecule has 0 radical (unpaired) electrons. The fourth-order valence-corrected chi connectivity index (χ4v) is 4.79. The molecule has 4 aliphatic rings. The van der Waals surface area contributed by atoms with Crippen LogP contribution in [-0.4, -0.2) is 42.4 Å². The second kappa shape index (κ2) is 5.32. The van der Waals surface area contributed by atoms with Crippen molar-refractivity contribution in [2.75, 3.05) is 13.1 Å². The molecule has 1 aromatic carbocycles. The van der Waals surface area contributed by atoms with E-state index in [-0.39, 0.29) is 0 Å². The lowest BCUT2D eigenvalue weighted by molar-refractivity contribution is 0.112. The molecule has 0 saturated carbocycles. The maximum Gasteiger partial charge on any atom is 0.150 e. The van der Waals surface area contributed by atoms with Gasteiger partial charge in [-0.05, 0) is 29.9 Å². The first-order valence-corrected chi connectivity index (χ1v) is 8.48. The summed E-state index contributed by atoms with van der Waals surface area (Å²) in [6.07, 6.45) is 5.80. The third-order valence-electron chi connectivity index (χ3n) is 5.89. The summed E-state index contributed by atoms with van der Waals surface area (Å²) in [5.74, 6) is 1.93. The molecule has 4 bridgehead atoms. The van der Waals surface area contributed by atoms with Crippen molar-refractivity contribution in [3.05, 3.63) is 47.5 Å². The summed E-state index contributed by atoms with van der Waals surface area (Å²) >= 11 is 0. The molecular formula is C19H24N2O. The molecule has 2 fully saturated rings. The van der Waals surface area contributed by atoms with Crippen molar-refractivity contribution < 1.29 is 4.79 Å². The third-order valence-corrected chi connectivity index (χ3v) is 5.89. The van der Waals surface area contributed by atoms with Crippen molar-refractivity contribution >= 4 is 6.29 Å². The normalized spacial score (nSPS) is 38.8. The Labute approximate surface area is 132 Å². The van der Waals surface area contributed by atoms with Gasteiger partial charge in [0, 0.05) is 30.2 Å². The van der Waals surface area contributed by atoms with Crippen LogP contribution in [0.15, 0.2) is 36.4 Å². The van der Waals surface area contributed by atoms with Gasteiger partial charge in [0.1, 0.15) is 6.29 Å². The average molecular weight is 296 g/mol. The van der Waals surface area contributed by atoms with E-state index in [0.717, 1.165) is 36.9 Å². The Morgan fingerprint density at radius 1 is 1.27 bits per heavy atom. The van der Waals surface area contributed by atoms with Gasteiger partial charge >= 0.3 is 0 Å². The highest BCUT2D eigenvalue weighted by molar-refractivity contribution is 5.74. The standard InChI is InChI=1S/C19H24N2O/c1-3-20-10-16-15-8-9-17-19(16)21(17)18(15)12(2)14-6-4-13(11-22)5-7-14/h4-9,11-12,15-20H,3,10H2,1-2H3/t12-,15+,16+,17-,18+,19+,21?/m1/s1. The second-order valence-electron chi connectivity index (χ2n) is 6.93. The van der Waals surface area contributed by atoms with Crippen LogP contribution in [0.3, 0.4) is 0 Å². The van der Waals surface area contributed by atoms with E-state index >= 15 is 0 Å². The molecule has 1 unspecified atom stereocenters. The molecule has 7 atom stereocenters. The number of nitrogens with zero attached hydrogens (tertiary/aromatic N) is 1. The minimum absolute atomic E-state index is 0.509. The van der Waals surface area contributed by atoms with Gasteiger partial charge in [-0.25, -0.2) is 0 Å². The van der Waals surface area contributed by atoms with Crippen LogP contribution in [0.4, 0.5) is 0 Å².